The van der Waals surface area contributed by atoms with Gasteiger partial charge in [0.05, 0.1) is 19.3 Å². The van der Waals surface area contributed by atoms with Gasteiger partial charge in [0.25, 0.3) is 5.91 Å². The third kappa shape index (κ3) is 3.45. The van der Waals surface area contributed by atoms with Gasteiger partial charge in [-0.1, -0.05) is 0 Å². The molecule has 0 bridgehead atoms. The van der Waals surface area contributed by atoms with Crippen molar-refractivity contribution >= 4 is 5.91 Å². The first-order chi connectivity index (χ1) is 11.6. The molecule has 7 heteroatoms. The molecule has 0 spiro atoms. The standard InChI is InChI=1S/C17H18FN3O3/c1-11-3-6-16(20-19-11)24-13-7-8-21(10-13)17(22)12-4-5-15(23-2)14(18)9-12/h3-6,9,13H,7-8,10H2,1-2H3/t13-/m1/s1. The first-order valence-electron chi connectivity index (χ1n) is 7.66. The third-order valence-corrected chi connectivity index (χ3v) is 3.89. The number of halogens is 1. The van der Waals surface area contributed by atoms with E-state index in [-0.39, 0.29) is 17.8 Å². The van der Waals surface area contributed by atoms with Crippen molar-refractivity contribution in [3.8, 4) is 11.6 Å². The zero-order valence-corrected chi connectivity index (χ0v) is 13.5. The van der Waals surface area contributed by atoms with Crippen molar-refractivity contribution in [1.29, 1.82) is 0 Å². The molecule has 1 aromatic heterocycles. The number of ether oxygens (including phenoxy) is 2. The quantitative estimate of drug-likeness (QED) is 0.859. The molecule has 1 atom stereocenters. The van der Waals surface area contributed by atoms with E-state index in [2.05, 4.69) is 10.2 Å². The summed E-state index contributed by atoms with van der Waals surface area (Å²) in [7, 11) is 1.39. The highest BCUT2D eigenvalue weighted by atomic mass is 19.1. The van der Waals surface area contributed by atoms with Crippen LogP contribution in [0.4, 0.5) is 4.39 Å². The summed E-state index contributed by atoms with van der Waals surface area (Å²) < 4.78 is 24.4. The second-order valence-corrected chi connectivity index (χ2v) is 5.64. The van der Waals surface area contributed by atoms with Crippen LogP contribution in [0, 0.1) is 12.7 Å². The van der Waals surface area contributed by atoms with Gasteiger partial charge < -0.3 is 14.4 Å². The highest BCUT2D eigenvalue weighted by Crippen LogP contribution is 2.21. The predicted molar refractivity (Wildman–Crippen MR) is 84.7 cm³/mol. The summed E-state index contributed by atoms with van der Waals surface area (Å²) in [6, 6.07) is 7.78. The van der Waals surface area contributed by atoms with E-state index in [9.17, 15) is 9.18 Å². The maximum Gasteiger partial charge on any atom is 0.254 e. The summed E-state index contributed by atoms with van der Waals surface area (Å²) >= 11 is 0. The van der Waals surface area contributed by atoms with Gasteiger partial charge in [0.2, 0.25) is 5.88 Å². The molecule has 6 nitrogen and oxygen atoms in total. The number of methoxy groups -OCH3 is 1. The zero-order chi connectivity index (χ0) is 17.1. The fourth-order valence-corrected chi connectivity index (χ4v) is 2.61. The first-order valence-corrected chi connectivity index (χ1v) is 7.66. The van der Waals surface area contributed by atoms with Crippen LogP contribution in [0.1, 0.15) is 22.5 Å². The van der Waals surface area contributed by atoms with Crippen LogP contribution in [0.15, 0.2) is 30.3 Å². The Balaban J connectivity index is 1.63. The number of likely N-dealkylation sites (tertiary alicyclic amines) is 1. The Morgan fingerprint density at radius 2 is 2.12 bits per heavy atom. The van der Waals surface area contributed by atoms with E-state index in [0.717, 1.165) is 5.69 Å². The van der Waals surface area contributed by atoms with Crippen molar-refractivity contribution in [3.63, 3.8) is 0 Å². The maximum atomic E-state index is 13.8. The summed E-state index contributed by atoms with van der Waals surface area (Å²) in [5, 5.41) is 7.90. The molecule has 0 unspecified atom stereocenters. The highest BCUT2D eigenvalue weighted by molar-refractivity contribution is 5.94. The summed E-state index contributed by atoms with van der Waals surface area (Å²) in [4.78, 5) is 14.1. The fraction of sp³-hybridized carbons (Fsp3) is 0.353. The number of nitrogens with zero attached hydrogens (tertiary/aromatic N) is 3. The normalized spacial score (nSPS) is 17.0. The van der Waals surface area contributed by atoms with Crippen LogP contribution < -0.4 is 9.47 Å². The lowest BCUT2D eigenvalue weighted by Gasteiger charge is -2.17. The number of hydrogen-bond acceptors (Lipinski definition) is 5. The van der Waals surface area contributed by atoms with Crippen LogP contribution >= 0.6 is 0 Å². The minimum atomic E-state index is -0.551. The minimum Gasteiger partial charge on any atom is -0.494 e. The lowest BCUT2D eigenvalue weighted by molar-refractivity contribution is 0.0770. The Morgan fingerprint density at radius 1 is 1.29 bits per heavy atom. The third-order valence-electron chi connectivity index (χ3n) is 3.89. The molecule has 1 amide bonds. The van der Waals surface area contributed by atoms with Crippen molar-refractivity contribution in [2.75, 3.05) is 20.2 Å². The van der Waals surface area contributed by atoms with E-state index in [1.807, 2.05) is 13.0 Å². The molecule has 0 aliphatic carbocycles. The molecule has 1 saturated heterocycles. The Kier molecular flexibility index (Phi) is 4.59. The van der Waals surface area contributed by atoms with E-state index in [0.29, 0.717) is 31.0 Å². The first kappa shape index (κ1) is 16.2. The fourth-order valence-electron chi connectivity index (χ4n) is 2.61. The van der Waals surface area contributed by atoms with Crippen LogP contribution in [-0.2, 0) is 0 Å². The van der Waals surface area contributed by atoms with Crippen molar-refractivity contribution in [2.24, 2.45) is 0 Å². The van der Waals surface area contributed by atoms with E-state index < -0.39 is 5.82 Å². The van der Waals surface area contributed by atoms with Crippen molar-refractivity contribution in [1.82, 2.24) is 15.1 Å². The molecule has 126 valence electrons. The van der Waals surface area contributed by atoms with E-state index in [1.54, 1.807) is 17.0 Å². The topological polar surface area (TPSA) is 64.5 Å². The monoisotopic (exact) mass is 331 g/mol. The number of rotatable bonds is 4. The summed E-state index contributed by atoms with van der Waals surface area (Å²) in [5.41, 5.74) is 1.11. The number of amides is 1. The number of carbonyl (C=O) groups excluding carboxylic acids is 1. The van der Waals surface area contributed by atoms with Gasteiger partial charge >= 0.3 is 0 Å². The Hall–Kier alpha value is -2.70. The zero-order valence-electron chi connectivity index (χ0n) is 13.5. The van der Waals surface area contributed by atoms with E-state index in [4.69, 9.17) is 9.47 Å². The van der Waals surface area contributed by atoms with Crippen LogP contribution in [-0.4, -0.2) is 47.3 Å². The van der Waals surface area contributed by atoms with Gasteiger partial charge in [-0.15, -0.1) is 5.10 Å². The number of aryl methyl sites for hydroxylation is 1. The van der Waals surface area contributed by atoms with E-state index in [1.165, 1.54) is 19.2 Å². The average molecular weight is 331 g/mol. The second-order valence-electron chi connectivity index (χ2n) is 5.64. The van der Waals surface area contributed by atoms with Gasteiger partial charge in [0.15, 0.2) is 11.6 Å². The van der Waals surface area contributed by atoms with Gasteiger partial charge in [0, 0.05) is 24.6 Å². The number of benzene rings is 1. The van der Waals surface area contributed by atoms with Gasteiger partial charge in [-0.25, -0.2) is 4.39 Å². The molecular weight excluding hydrogens is 313 g/mol. The molecular formula is C17H18FN3O3. The lowest BCUT2D eigenvalue weighted by atomic mass is 10.2. The van der Waals surface area contributed by atoms with E-state index >= 15 is 0 Å². The molecule has 24 heavy (non-hydrogen) atoms. The van der Waals surface area contributed by atoms with Crippen LogP contribution in [0.2, 0.25) is 0 Å². The molecule has 3 rings (SSSR count). The van der Waals surface area contributed by atoms with Gasteiger partial charge in [-0.05, 0) is 31.2 Å². The summed E-state index contributed by atoms with van der Waals surface area (Å²) in [6.07, 6.45) is 0.550. The Labute approximate surface area is 139 Å². The molecule has 0 radical (unpaired) electrons. The van der Waals surface area contributed by atoms with Gasteiger partial charge in [0.1, 0.15) is 6.10 Å². The van der Waals surface area contributed by atoms with Crippen molar-refractivity contribution in [2.45, 2.75) is 19.4 Å². The molecule has 0 saturated carbocycles. The molecule has 0 N–H and O–H groups in total. The molecule has 2 heterocycles. The maximum absolute atomic E-state index is 13.8. The average Bonchev–Trinajstić information content (AvgIpc) is 3.04. The Bertz CT molecular complexity index is 736. The van der Waals surface area contributed by atoms with Crippen LogP contribution in [0.25, 0.3) is 0 Å². The highest BCUT2D eigenvalue weighted by Gasteiger charge is 2.29. The predicted octanol–water partition coefficient (Wildman–Crippen LogP) is 2.23. The van der Waals surface area contributed by atoms with Gasteiger partial charge in [-0.3, -0.25) is 4.79 Å². The minimum absolute atomic E-state index is 0.118. The molecule has 1 aliphatic rings. The molecule has 1 aliphatic heterocycles. The SMILES string of the molecule is COc1ccc(C(=O)N2CC[C@@H](Oc3ccc(C)nn3)C2)cc1F. The second kappa shape index (κ2) is 6.82. The van der Waals surface area contributed by atoms with Crippen LogP contribution in [0.3, 0.4) is 0 Å². The molecule has 1 aromatic carbocycles. The summed E-state index contributed by atoms with van der Waals surface area (Å²) in [6.45, 7) is 2.83. The molecule has 2 aromatic rings. The van der Waals surface area contributed by atoms with Gasteiger partial charge in [-0.2, -0.15) is 5.10 Å². The molecule has 1 fully saturated rings. The van der Waals surface area contributed by atoms with Crippen molar-refractivity contribution < 1.29 is 18.7 Å². The number of carbonyl (C=O) groups is 1. The van der Waals surface area contributed by atoms with Crippen molar-refractivity contribution in [3.05, 3.63) is 47.4 Å². The number of hydrogen-bond donors (Lipinski definition) is 0. The number of aromatic nitrogens is 2. The van der Waals surface area contributed by atoms with Crippen LogP contribution in [0.5, 0.6) is 11.6 Å². The Morgan fingerprint density at radius 3 is 2.79 bits per heavy atom. The lowest BCUT2D eigenvalue weighted by Crippen LogP contribution is -2.31. The smallest absolute Gasteiger partial charge is 0.254 e. The summed E-state index contributed by atoms with van der Waals surface area (Å²) in [5.74, 6) is -0.217. The largest absolute Gasteiger partial charge is 0.494 e.